The van der Waals surface area contributed by atoms with Crippen molar-refractivity contribution >= 4 is 27.3 Å². The highest BCUT2D eigenvalue weighted by molar-refractivity contribution is 7.92. The molecule has 2 N–H and O–H groups in total. The lowest BCUT2D eigenvalue weighted by atomic mass is 10.1. The van der Waals surface area contributed by atoms with Gasteiger partial charge in [0.05, 0.1) is 10.6 Å². The molecule has 0 fully saturated rings. The molecule has 0 bridgehead atoms. The number of benzene rings is 3. The Morgan fingerprint density at radius 1 is 0.821 bits per heavy atom. The van der Waals surface area contributed by atoms with Crippen LogP contribution in [0, 0.1) is 20.8 Å². The molecule has 0 aliphatic heterocycles. The fourth-order valence-corrected chi connectivity index (χ4v) is 4.07. The SMILES string of the molecule is Cc1cc(C)cc(NC(=O)c2ccc(C)c(NS(=O)(=O)c3ccccc3)c2)c1. The molecule has 0 radical (unpaired) electrons. The fraction of sp³-hybridized carbons (Fsp3) is 0.136. The lowest BCUT2D eigenvalue weighted by Crippen LogP contribution is -2.16. The van der Waals surface area contributed by atoms with Crippen LogP contribution in [-0.4, -0.2) is 14.3 Å². The van der Waals surface area contributed by atoms with Crippen molar-refractivity contribution in [3.05, 3.63) is 89.0 Å². The van der Waals surface area contributed by atoms with E-state index in [0.717, 1.165) is 16.7 Å². The quantitative estimate of drug-likeness (QED) is 0.661. The molecular weight excluding hydrogens is 372 g/mol. The fourth-order valence-electron chi connectivity index (χ4n) is 2.93. The van der Waals surface area contributed by atoms with Crippen molar-refractivity contribution in [2.45, 2.75) is 25.7 Å². The standard InChI is InChI=1S/C22H22N2O3S/c1-15-11-16(2)13-19(12-15)23-22(25)18-10-9-17(3)21(14-18)24-28(26,27)20-7-5-4-6-8-20/h4-14,24H,1-3H3,(H,23,25). The Bertz CT molecular complexity index is 1100. The minimum absolute atomic E-state index is 0.166. The smallest absolute Gasteiger partial charge is 0.261 e. The first-order valence-electron chi connectivity index (χ1n) is 8.83. The number of hydrogen-bond acceptors (Lipinski definition) is 3. The van der Waals surface area contributed by atoms with Gasteiger partial charge < -0.3 is 5.32 Å². The number of anilines is 2. The molecule has 1 amide bonds. The molecule has 0 aliphatic carbocycles. The van der Waals surface area contributed by atoms with Crippen LogP contribution in [0.1, 0.15) is 27.0 Å². The van der Waals surface area contributed by atoms with Gasteiger partial charge in [-0.15, -0.1) is 0 Å². The number of amides is 1. The number of sulfonamides is 1. The third-order valence-corrected chi connectivity index (χ3v) is 5.66. The molecule has 5 nitrogen and oxygen atoms in total. The molecule has 0 aromatic heterocycles. The minimum Gasteiger partial charge on any atom is -0.322 e. The highest BCUT2D eigenvalue weighted by Gasteiger charge is 2.16. The molecule has 6 heteroatoms. The van der Waals surface area contributed by atoms with Gasteiger partial charge in [-0.2, -0.15) is 0 Å². The molecule has 0 atom stereocenters. The monoisotopic (exact) mass is 394 g/mol. The van der Waals surface area contributed by atoms with E-state index in [0.29, 0.717) is 16.9 Å². The molecule has 144 valence electrons. The van der Waals surface area contributed by atoms with E-state index in [1.807, 2.05) is 32.0 Å². The van der Waals surface area contributed by atoms with Gasteiger partial charge in [0.1, 0.15) is 0 Å². The lowest BCUT2D eigenvalue weighted by molar-refractivity contribution is 0.102. The van der Waals surface area contributed by atoms with Crippen molar-refractivity contribution < 1.29 is 13.2 Å². The van der Waals surface area contributed by atoms with E-state index >= 15 is 0 Å². The van der Waals surface area contributed by atoms with Gasteiger partial charge in [-0.25, -0.2) is 8.42 Å². The normalized spacial score (nSPS) is 11.1. The third kappa shape index (κ3) is 4.58. The minimum atomic E-state index is -3.73. The van der Waals surface area contributed by atoms with Gasteiger partial charge in [0.25, 0.3) is 15.9 Å². The van der Waals surface area contributed by atoms with Crippen molar-refractivity contribution in [2.75, 3.05) is 10.0 Å². The molecule has 0 heterocycles. The first-order valence-corrected chi connectivity index (χ1v) is 10.3. The predicted molar refractivity (Wildman–Crippen MR) is 112 cm³/mol. The molecule has 0 aliphatic rings. The van der Waals surface area contributed by atoms with Crippen LogP contribution < -0.4 is 10.0 Å². The van der Waals surface area contributed by atoms with E-state index in [1.54, 1.807) is 43.3 Å². The van der Waals surface area contributed by atoms with Gasteiger partial charge in [0.2, 0.25) is 0 Å². The first kappa shape index (κ1) is 19.6. The maximum atomic E-state index is 12.6. The van der Waals surface area contributed by atoms with E-state index in [-0.39, 0.29) is 10.8 Å². The Hall–Kier alpha value is -3.12. The van der Waals surface area contributed by atoms with Crippen molar-refractivity contribution in [1.82, 2.24) is 0 Å². The highest BCUT2D eigenvalue weighted by Crippen LogP contribution is 2.22. The second-order valence-corrected chi connectivity index (χ2v) is 8.46. The average molecular weight is 394 g/mol. The molecular formula is C22H22N2O3S. The Labute approximate surface area is 165 Å². The average Bonchev–Trinajstić information content (AvgIpc) is 2.63. The molecule has 0 saturated carbocycles. The van der Waals surface area contributed by atoms with Gasteiger partial charge in [-0.1, -0.05) is 30.3 Å². The topological polar surface area (TPSA) is 75.3 Å². The highest BCUT2D eigenvalue weighted by atomic mass is 32.2. The second kappa shape index (κ2) is 7.86. The van der Waals surface area contributed by atoms with Crippen LogP contribution in [0.15, 0.2) is 71.6 Å². The van der Waals surface area contributed by atoms with E-state index in [9.17, 15) is 13.2 Å². The van der Waals surface area contributed by atoms with Crippen LogP contribution in [0.25, 0.3) is 0 Å². The van der Waals surface area contributed by atoms with Gasteiger partial charge in [0, 0.05) is 11.3 Å². The Morgan fingerprint density at radius 3 is 2.11 bits per heavy atom. The van der Waals surface area contributed by atoms with Gasteiger partial charge in [0.15, 0.2) is 0 Å². The summed E-state index contributed by atoms with van der Waals surface area (Å²) >= 11 is 0. The summed E-state index contributed by atoms with van der Waals surface area (Å²) in [5.41, 5.74) is 4.27. The molecule has 3 aromatic rings. The number of nitrogens with one attached hydrogen (secondary N) is 2. The lowest BCUT2D eigenvalue weighted by Gasteiger charge is -2.13. The Balaban J connectivity index is 1.86. The van der Waals surface area contributed by atoms with Gasteiger partial charge in [-0.05, 0) is 73.9 Å². The zero-order valence-corrected chi connectivity index (χ0v) is 16.8. The number of aryl methyl sites for hydroxylation is 3. The van der Waals surface area contributed by atoms with Crippen molar-refractivity contribution in [3.63, 3.8) is 0 Å². The summed E-state index contributed by atoms with van der Waals surface area (Å²) in [6.45, 7) is 5.71. The zero-order chi connectivity index (χ0) is 20.3. The van der Waals surface area contributed by atoms with E-state index in [1.165, 1.54) is 12.1 Å². The molecule has 3 rings (SSSR count). The first-order chi connectivity index (χ1) is 13.2. The Morgan fingerprint density at radius 2 is 1.46 bits per heavy atom. The van der Waals surface area contributed by atoms with E-state index in [4.69, 9.17) is 0 Å². The number of carbonyl (C=O) groups excluding carboxylic acids is 1. The molecule has 0 unspecified atom stereocenters. The molecule has 0 saturated heterocycles. The maximum Gasteiger partial charge on any atom is 0.261 e. The zero-order valence-electron chi connectivity index (χ0n) is 16.0. The van der Waals surface area contributed by atoms with Crippen molar-refractivity contribution in [2.24, 2.45) is 0 Å². The maximum absolute atomic E-state index is 12.6. The van der Waals surface area contributed by atoms with Gasteiger partial charge in [-0.3, -0.25) is 9.52 Å². The summed E-state index contributed by atoms with van der Waals surface area (Å²) < 4.78 is 27.8. The summed E-state index contributed by atoms with van der Waals surface area (Å²) in [4.78, 5) is 12.8. The number of carbonyl (C=O) groups is 1. The number of hydrogen-bond donors (Lipinski definition) is 2. The second-order valence-electron chi connectivity index (χ2n) is 6.78. The van der Waals surface area contributed by atoms with Crippen molar-refractivity contribution in [3.8, 4) is 0 Å². The summed E-state index contributed by atoms with van der Waals surface area (Å²) in [7, 11) is -3.73. The van der Waals surface area contributed by atoms with Crippen LogP contribution in [0.5, 0.6) is 0 Å². The summed E-state index contributed by atoms with van der Waals surface area (Å²) in [6.07, 6.45) is 0. The van der Waals surface area contributed by atoms with Crippen LogP contribution in [0.3, 0.4) is 0 Å². The van der Waals surface area contributed by atoms with Crippen molar-refractivity contribution in [1.29, 1.82) is 0 Å². The summed E-state index contributed by atoms with van der Waals surface area (Å²) in [5.74, 6) is -0.301. The molecule has 0 spiro atoms. The molecule has 3 aromatic carbocycles. The summed E-state index contributed by atoms with van der Waals surface area (Å²) in [6, 6.07) is 18.9. The predicted octanol–water partition coefficient (Wildman–Crippen LogP) is 4.66. The van der Waals surface area contributed by atoms with E-state index in [2.05, 4.69) is 10.0 Å². The third-order valence-electron chi connectivity index (χ3n) is 4.28. The van der Waals surface area contributed by atoms with E-state index < -0.39 is 10.0 Å². The van der Waals surface area contributed by atoms with Gasteiger partial charge >= 0.3 is 0 Å². The summed E-state index contributed by atoms with van der Waals surface area (Å²) in [5, 5.41) is 2.86. The van der Waals surface area contributed by atoms with Crippen LogP contribution in [-0.2, 0) is 10.0 Å². The van der Waals surface area contributed by atoms with Crippen LogP contribution >= 0.6 is 0 Å². The Kier molecular flexibility index (Phi) is 5.51. The van der Waals surface area contributed by atoms with Crippen LogP contribution in [0.2, 0.25) is 0 Å². The number of rotatable bonds is 5. The van der Waals surface area contributed by atoms with Crippen LogP contribution in [0.4, 0.5) is 11.4 Å². The molecule has 28 heavy (non-hydrogen) atoms. The largest absolute Gasteiger partial charge is 0.322 e.